The van der Waals surface area contributed by atoms with Gasteiger partial charge in [0.25, 0.3) is 0 Å². The highest BCUT2D eigenvalue weighted by atomic mass is 32.1. The number of aromatic nitrogens is 2. The quantitative estimate of drug-likeness (QED) is 0.881. The second-order valence-electron chi connectivity index (χ2n) is 4.00. The molecule has 17 heavy (non-hydrogen) atoms. The summed E-state index contributed by atoms with van der Waals surface area (Å²) in [4.78, 5) is 8.77. The SMILES string of the molecule is CCCNC(C)c1csc(-c2cccnc2)n1. The third-order valence-electron chi connectivity index (χ3n) is 2.57. The zero-order chi connectivity index (χ0) is 12.1. The Morgan fingerprint density at radius 3 is 3.06 bits per heavy atom. The van der Waals surface area contributed by atoms with Gasteiger partial charge in [-0.1, -0.05) is 6.92 Å². The summed E-state index contributed by atoms with van der Waals surface area (Å²) in [6.07, 6.45) is 4.78. The van der Waals surface area contributed by atoms with E-state index in [1.165, 1.54) is 0 Å². The lowest BCUT2D eigenvalue weighted by molar-refractivity contribution is 0.561. The summed E-state index contributed by atoms with van der Waals surface area (Å²) in [5.41, 5.74) is 2.20. The monoisotopic (exact) mass is 247 g/mol. The highest BCUT2D eigenvalue weighted by Crippen LogP contribution is 2.25. The molecule has 4 heteroatoms. The molecule has 0 bridgehead atoms. The highest BCUT2D eigenvalue weighted by Gasteiger charge is 2.10. The van der Waals surface area contributed by atoms with Crippen molar-refractivity contribution in [2.75, 3.05) is 6.54 Å². The van der Waals surface area contributed by atoms with Crippen LogP contribution in [0, 0.1) is 0 Å². The van der Waals surface area contributed by atoms with E-state index < -0.39 is 0 Å². The molecule has 90 valence electrons. The molecule has 0 saturated heterocycles. The molecule has 0 spiro atoms. The molecule has 0 saturated carbocycles. The Bertz CT molecular complexity index is 453. The van der Waals surface area contributed by atoms with Gasteiger partial charge in [0.05, 0.1) is 5.69 Å². The molecule has 0 radical (unpaired) electrons. The van der Waals surface area contributed by atoms with E-state index in [4.69, 9.17) is 0 Å². The summed E-state index contributed by atoms with van der Waals surface area (Å²) in [7, 11) is 0. The Morgan fingerprint density at radius 1 is 1.47 bits per heavy atom. The van der Waals surface area contributed by atoms with E-state index in [1.54, 1.807) is 17.5 Å². The molecule has 1 atom stereocenters. The van der Waals surface area contributed by atoms with Crippen LogP contribution in [-0.4, -0.2) is 16.5 Å². The van der Waals surface area contributed by atoms with Crippen molar-refractivity contribution >= 4 is 11.3 Å². The first kappa shape index (κ1) is 12.2. The van der Waals surface area contributed by atoms with Crippen LogP contribution in [-0.2, 0) is 0 Å². The van der Waals surface area contributed by atoms with Crippen LogP contribution in [0.15, 0.2) is 29.9 Å². The van der Waals surface area contributed by atoms with E-state index in [0.29, 0.717) is 6.04 Å². The Hall–Kier alpha value is -1.26. The Balaban J connectivity index is 2.11. The van der Waals surface area contributed by atoms with Crippen LogP contribution in [0.25, 0.3) is 10.6 Å². The molecule has 0 aliphatic rings. The van der Waals surface area contributed by atoms with Crippen LogP contribution in [0.4, 0.5) is 0 Å². The summed E-state index contributed by atoms with van der Waals surface area (Å²) >= 11 is 1.67. The van der Waals surface area contributed by atoms with Gasteiger partial charge >= 0.3 is 0 Å². The molecular formula is C13H17N3S. The summed E-state index contributed by atoms with van der Waals surface area (Å²) < 4.78 is 0. The van der Waals surface area contributed by atoms with E-state index in [-0.39, 0.29) is 0 Å². The van der Waals surface area contributed by atoms with E-state index >= 15 is 0 Å². The molecule has 0 amide bonds. The minimum absolute atomic E-state index is 0.316. The van der Waals surface area contributed by atoms with Crippen molar-refractivity contribution in [2.45, 2.75) is 26.3 Å². The van der Waals surface area contributed by atoms with Gasteiger partial charge in [-0.05, 0) is 32.0 Å². The molecule has 2 aromatic heterocycles. The number of hydrogen-bond donors (Lipinski definition) is 1. The van der Waals surface area contributed by atoms with Gasteiger partial charge in [0.2, 0.25) is 0 Å². The van der Waals surface area contributed by atoms with Gasteiger partial charge in [0.15, 0.2) is 0 Å². The largest absolute Gasteiger partial charge is 0.309 e. The maximum atomic E-state index is 4.65. The molecular weight excluding hydrogens is 230 g/mol. The van der Waals surface area contributed by atoms with Crippen LogP contribution < -0.4 is 5.32 Å². The van der Waals surface area contributed by atoms with Crippen molar-refractivity contribution in [1.29, 1.82) is 0 Å². The second kappa shape index (κ2) is 5.89. The number of thiazole rings is 1. The average molecular weight is 247 g/mol. The fourth-order valence-corrected chi connectivity index (χ4v) is 2.48. The summed E-state index contributed by atoms with van der Waals surface area (Å²) in [5, 5.41) is 6.60. The van der Waals surface area contributed by atoms with Crippen molar-refractivity contribution in [3.63, 3.8) is 0 Å². The molecule has 3 nitrogen and oxygen atoms in total. The van der Waals surface area contributed by atoms with Crippen LogP contribution >= 0.6 is 11.3 Å². The maximum Gasteiger partial charge on any atom is 0.125 e. The minimum Gasteiger partial charge on any atom is -0.309 e. The van der Waals surface area contributed by atoms with E-state index in [0.717, 1.165) is 29.2 Å². The first-order valence-electron chi connectivity index (χ1n) is 5.90. The lowest BCUT2D eigenvalue weighted by Crippen LogP contribution is -2.19. The molecule has 2 rings (SSSR count). The normalized spacial score (nSPS) is 12.6. The molecule has 2 heterocycles. The van der Waals surface area contributed by atoms with Gasteiger partial charge in [-0.2, -0.15) is 0 Å². The number of hydrogen-bond acceptors (Lipinski definition) is 4. The highest BCUT2D eigenvalue weighted by molar-refractivity contribution is 7.13. The zero-order valence-corrected chi connectivity index (χ0v) is 11.0. The lowest BCUT2D eigenvalue weighted by atomic mass is 10.2. The van der Waals surface area contributed by atoms with Crippen LogP contribution in [0.3, 0.4) is 0 Å². The topological polar surface area (TPSA) is 37.8 Å². The van der Waals surface area contributed by atoms with Gasteiger partial charge in [-0.3, -0.25) is 4.98 Å². The lowest BCUT2D eigenvalue weighted by Gasteiger charge is -2.09. The van der Waals surface area contributed by atoms with E-state index in [9.17, 15) is 0 Å². The Morgan fingerprint density at radius 2 is 2.35 bits per heavy atom. The fourth-order valence-electron chi connectivity index (χ4n) is 1.57. The standard InChI is InChI=1S/C13H17N3S/c1-3-6-15-10(2)12-9-17-13(16-12)11-5-4-7-14-8-11/h4-5,7-10,15H,3,6H2,1-2H3. The predicted octanol–water partition coefficient (Wildman–Crippen LogP) is 3.27. The molecule has 0 fully saturated rings. The van der Waals surface area contributed by atoms with Crippen molar-refractivity contribution in [1.82, 2.24) is 15.3 Å². The van der Waals surface area contributed by atoms with Gasteiger partial charge in [0.1, 0.15) is 5.01 Å². The zero-order valence-electron chi connectivity index (χ0n) is 10.2. The Kier molecular flexibility index (Phi) is 4.23. The molecule has 0 aliphatic heterocycles. The number of nitrogens with zero attached hydrogens (tertiary/aromatic N) is 2. The predicted molar refractivity (Wildman–Crippen MR) is 72.1 cm³/mol. The average Bonchev–Trinajstić information content (AvgIpc) is 2.86. The van der Waals surface area contributed by atoms with Gasteiger partial charge in [-0.15, -0.1) is 11.3 Å². The second-order valence-corrected chi connectivity index (χ2v) is 4.85. The molecule has 1 N–H and O–H groups in total. The Labute approximate surface area is 106 Å². The minimum atomic E-state index is 0.316. The third-order valence-corrected chi connectivity index (χ3v) is 3.48. The van der Waals surface area contributed by atoms with Crippen molar-refractivity contribution in [3.05, 3.63) is 35.6 Å². The number of nitrogens with one attached hydrogen (secondary N) is 1. The smallest absolute Gasteiger partial charge is 0.125 e. The molecule has 0 aromatic carbocycles. The van der Waals surface area contributed by atoms with E-state index in [1.807, 2.05) is 18.3 Å². The van der Waals surface area contributed by atoms with Gasteiger partial charge in [-0.25, -0.2) is 4.98 Å². The molecule has 0 aliphatic carbocycles. The van der Waals surface area contributed by atoms with Crippen LogP contribution in [0.1, 0.15) is 32.0 Å². The summed E-state index contributed by atoms with van der Waals surface area (Å²) in [5.74, 6) is 0. The summed E-state index contributed by atoms with van der Waals surface area (Å²) in [6, 6.07) is 4.30. The fraction of sp³-hybridized carbons (Fsp3) is 0.385. The van der Waals surface area contributed by atoms with Crippen molar-refractivity contribution < 1.29 is 0 Å². The number of pyridine rings is 1. The first-order chi connectivity index (χ1) is 8.31. The van der Waals surface area contributed by atoms with Crippen molar-refractivity contribution in [2.24, 2.45) is 0 Å². The third kappa shape index (κ3) is 3.11. The maximum absolute atomic E-state index is 4.65. The van der Waals surface area contributed by atoms with Gasteiger partial charge < -0.3 is 5.32 Å². The van der Waals surface area contributed by atoms with Crippen molar-refractivity contribution in [3.8, 4) is 10.6 Å². The summed E-state index contributed by atoms with van der Waals surface area (Å²) in [6.45, 7) is 5.35. The molecule has 2 aromatic rings. The number of rotatable bonds is 5. The van der Waals surface area contributed by atoms with E-state index in [2.05, 4.69) is 34.5 Å². The van der Waals surface area contributed by atoms with Crippen LogP contribution in [0.5, 0.6) is 0 Å². The molecule has 1 unspecified atom stereocenters. The first-order valence-corrected chi connectivity index (χ1v) is 6.78. The van der Waals surface area contributed by atoms with Crippen LogP contribution in [0.2, 0.25) is 0 Å². The van der Waals surface area contributed by atoms with Gasteiger partial charge in [0, 0.05) is 29.4 Å².